The van der Waals surface area contributed by atoms with Crippen molar-refractivity contribution < 1.29 is 14.3 Å². The number of para-hydroxylation sites is 1. The Morgan fingerprint density at radius 3 is 2.80 bits per heavy atom. The molecule has 1 aromatic carbocycles. The number of aliphatic imine (C=N–C) groups is 1. The number of rotatable bonds is 8. The van der Waals surface area contributed by atoms with Crippen LogP contribution >= 0.6 is 0 Å². The second-order valence-corrected chi connectivity index (χ2v) is 5.65. The molecule has 0 aliphatic carbocycles. The van der Waals surface area contributed by atoms with Gasteiger partial charge in [-0.2, -0.15) is 0 Å². The average molecular weight is 342 g/mol. The molecular formula is C18H22N4O3. The predicted molar refractivity (Wildman–Crippen MR) is 97.2 cm³/mol. The lowest BCUT2D eigenvalue weighted by Gasteiger charge is -2.14. The molecule has 0 atom stereocenters. The monoisotopic (exact) mass is 342 g/mol. The van der Waals surface area contributed by atoms with Gasteiger partial charge in [0, 0.05) is 31.7 Å². The van der Waals surface area contributed by atoms with Crippen LogP contribution in [-0.2, 0) is 14.3 Å². The summed E-state index contributed by atoms with van der Waals surface area (Å²) in [5.41, 5.74) is 2.90. The molecule has 7 heteroatoms. The van der Waals surface area contributed by atoms with E-state index < -0.39 is 0 Å². The number of carbonyl (C=O) groups is 1. The van der Waals surface area contributed by atoms with Crippen molar-refractivity contribution >= 4 is 28.8 Å². The first kappa shape index (κ1) is 17.2. The Bertz CT molecular complexity index is 777. The molecule has 0 bridgehead atoms. The van der Waals surface area contributed by atoms with Gasteiger partial charge < -0.3 is 19.8 Å². The topological polar surface area (TPSA) is 79.0 Å². The highest BCUT2D eigenvalue weighted by Gasteiger charge is 2.27. The van der Waals surface area contributed by atoms with Crippen LogP contribution in [0.25, 0.3) is 16.6 Å². The molecule has 25 heavy (non-hydrogen) atoms. The zero-order valence-electron chi connectivity index (χ0n) is 14.4. The lowest BCUT2D eigenvalue weighted by atomic mass is 10.2. The van der Waals surface area contributed by atoms with Crippen molar-refractivity contribution in [1.82, 2.24) is 15.2 Å². The molecule has 3 rings (SSSR count). The highest BCUT2D eigenvalue weighted by Crippen LogP contribution is 2.24. The van der Waals surface area contributed by atoms with Crippen LogP contribution in [0.15, 0.2) is 41.0 Å². The number of fused-ring (bicyclic) bond motifs is 1. The number of aromatic amines is 1. The van der Waals surface area contributed by atoms with E-state index in [2.05, 4.69) is 15.3 Å². The third kappa shape index (κ3) is 3.72. The molecule has 0 radical (unpaired) electrons. The largest absolute Gasteiger partial charge is 0.383 e. The Hall–Kier alpha value is -2.64. The number of methoxy groups -OCH3 is 2. The Morgan fingerprint density at radius 2 is 2.04 bits per heavy atom. The van der Waals surface area contributed by atoms with E-state index in [-0.39, 0.29) is 5.91 Å². The SMILES string of the molecule is COCCN/C(=C1/N=CN(CCOC)C1=O)c1cc2ccccc2[nH]1. The van der Waals surface area contributed by atoms with Gasteiger partial charge in [-0.3, -0.25) is 9.69 Å². The van der Waals surface area contributed by atoms with Crippen LogP contribution in [0.5, 0.6) is 0 Å². The van der Waals surface area contributed by atoms with E-state index in [9.17, 15) is 4.79 Å². The standard InChI is InChI=1S/C18H22N4O3/c1-24-9-7-19-16(15-11-13-5-3-4-6-14(13)21-15)17-18(23)22(12-20-17)8-10-25-2/h3-6,11-12,19,21H,7-10H2,1-2H3/b17-16+. The average Bonchev–Trinajstić information content (AvgIpc) is 3.21. The van der Waals surface area contributed by atoms with E-state index in [1.165, 1.54) is 0 Å². The molecule has 7 nitrogen and oxygen atoms in total. The van der Waals surface area contributed by atoms with Crippen molar-refractivity contribution in [2.24, 2.45) is 4.99 Å². The summed E-state index contributed by atoms with van der Waals surface area (Å²) in [7, 11) is 3.25. The van der Waals surface area contributed by atoms with Gasteiger partial charge in [-0.1, -0.05) is 18.2 Å². The fourth-order valence-corrected chi connectivity index (χ4v) is 2.68. The highest BCUT2D eigenvalue weighted by molar-refractivity contribution is 6.10. The number of hydrogen-bond acceptors (Lipinski definition) is 5. The molecule has 0 unspecified atom stereocenters. The Labute approximate surface area is 146 Å². The molecule has 0 saturated carbocycles. The first-order valence-electron chi connectivity index (χ1n) is 8.14. The second-order valence-electron chi connectivity index (χ2n) is 5.65. The van der Waals surface area contributed by atoms with Crippen molar-refractivity contribution in [1.29, 1.82) is 0 Å². The van der Waals surface area contributed by atoms with E-state index in [0.29, 0.717) is 37.7 Å². The second kappa shape index (κ2) is 7.96. The van der Waals surface area contributed by atoms with Gasteiger partial charge in [0.2, 0.25) is 0 Å². The zero-order chi connectivity index (χ0) is 17.6. The van der Waals surface area contributed by atoms with Crippen LogP contribution in [0, 0.1) is 0 Å². The van der Waals surface area contributed by atoms with Crippen molar-refractivity contribution in [3.63, 3.8) is 0 Å². The summed E-state index contributed by atoms with van der Waals surface area (Å²) < 4.78 is 10.1. The number of carbonyl (C=O) groups excluding carboxylic acids is 1. The number of ether oxygens (including phenoxy) is 2. The van der Waals surface area contributed by atoms with Crippen LogP contribution in [0.4, 0.5) is 0 Å². The molecule has 2 aromatic rings. The molecule has 0 saturated heterocycles. The minimum absolute atomic E-state index is 0.143. The smallest absolute Gasteiger partial charge is 0.279 e. The minimum Gasteiger partial charge on any atom is -0.383 e. The third-order valence-electron chi connectivity index (χ3n) is 3.97. The molecule has 0 spiro atoms. The van der Waals surface area contributed by atoms with Crippen molar-refractivity contribution in [2.75, 3.05) is 40.5 Å². The molecule has 1 amide bonds. The van der Waals surface area contributed by atoms with E-state index in [1.807, 2.05) is 30.3 Å². The van der Waals surface area contributed by atoms with Crippen molar-refractivity contribution in [3.05, 3.63) is 41.7 Å². The summed E-state index contributed by atoms with van der Waals surface area (Å²) >= 11 is 0. The lowest BCUT2D eigenvalue weighted by molar-refractivity contribution is -0.122. The van der Waals surface area contributed by atoms with Crippen LogP contribution in [-0.4, -0.2) is 62.7 Å². The fourth-order valence-electron chi connectivity index (χ4n) is 2.68. The summed E-state index contributed by atoms with van der Waals surface area (Å²) in [6.07, 6.45) is 1.55. The number of nitrogens with zero attached hydrogens (tertiary/aromatic N) is 2. The Morgan fingerprint density at radius 1 is 1.24 bits per heavy atom. The van der Waals surface area contributed by atoms with Gasteiger partial charge in [0.05, 0.1) is 37.5 Å². The van der Waals surface area contributed by atoms with Crippen LogP contribution in [0.3, 0.4) is 0 Å². The van der Waals surface area contributed by atoms with Gasteiger partial charge in [0.25, 0.3) is 5.91 Å². The molecule has 2 heterocycles. The minimum atomic E-state index is -0.143. The van der Waals surface area contributed by atoms with E-state index in [4.69, 9.17) is 9.47 Å². The molecule has 0 fully saturated rings. The van der Waals surface area contributed by atoms with E-state index in [1.54, 1.807) is 25.5 Å². The normalized spacial score (nSPS) is 16.1. The predicted octanol–water partition coefficient (Wildman–Crippen LogP) is 1.59. The van der Waals surface area contributed by atoms with E-state index >= 15 is 0 Å². The maximum Gasteiger partial charge on any atom is 0.279 e. The molecule has 1 aromatic heterocycles. The summed E-state index contributed by atoms with van der Waals surface area (Å²) in [5, 5.41) is 4.36. The summed E-state index contributed by atoms with van der Waals surface area (Å²) in [6.45, 7) is 2.04. The van der Waals surface area contributed by atoms with Gasteiger partial charge >= 0.3 is 0 Å². The molecule has 2 N–H and O–H groups in total. The van der Waals surface area contributed by atoms with Gasteiger partial charge in [0.1, 0.15) is 0 Å². The maximum atomic E-state index is 12.7. The Kier molecular flexibility index (Phi) is 5.47. The summed E-state index contributed by atoms with van der Waals surface area (Å²) in [6, 6.07) is 9.99. The number of H-pyrrole nitrogens is 1. The highest BCUT2D eigenvalue weighted by atomic mass is 16.5. The number of aromatic nitrogens is 1. The van der Waals surface area contributed by atoms with Crippen molar-refractivity contribution in [3.8, 4) is 0 Å². The summed E-state index contributed by atoms with van der Waals surface area (Å²) in [5.74, 6) is -0.143. The van der Waals surface area contributed by atoms with E-state index in [0.717, 1.165) is 16.6 Å². The molecule has 1 aliphatic rings. The number of benzene rings is 1. The van der Waals surface area contributed by atoms with Gasteiger partial charge in [0.15, 0.2) is 5.70 Å². The molecule has 132 valence electrons. The fraction of sp³-hybridized carbons (Fsp3) is 0.333. The molecular weight excluding hydrogens is 320 g/mol. The lowest BCUT2D eigenvalue weighted by Crippen LogP contribution is -2.30. The van der Waals surface area contributed by atoms with Crippen LogP contribution in [0.2, 0.25) is 0 Å². The quantitative estimate of drug-likeness (QED) is 0.564. The van der Waals surface area contributed by atoms with Crippen LogP contribution < -0.4 is 5.32 Å². The first-order valence-corrected chi connectivity index (χ1v) is 8.14. The van der Waals surface area contributed by atoms with Crippen LogP contribution in [0.1, 0.15) is 5.69 Å². The zero-order valence-corrected chi connectivity index (χ0v) is 14.4. The Balaban J connectivity index is 1.94. The maximum absolute atomic E-state index is 12.7. The van der Waals surface area contributed by atoms with Gasteiger partial charge in [-0.25, -0.2) is 4.99 Å². The molecule has 1 aliphatic heterocycles. The third-order valence-corrected chi connectivity index (χ3v) is 3.97. The first-order chi connectivity index (χ1) is 12.2. The van der Waals surface area contributed by atoms with Gasteiger partial charge in [-0.05, 0) is 12.1 Å². The number of hydrogen-bond donors (Lipinski definition) is 2. The summed E-state index contributed by atoms with van der Waals surface area (Å²) in [4.78, 5) is 21.9. The number of nitrogens with one attached hydrogen (secondary N) is 2. The van der Waals surface area contributed by atoms with Gasteiger partial charge in [-0.15, -0.1) is 0 Å². The number of amides is 1. The van der Waals surface area contributed by atoms with Crippen molar-refractivity contribution in [2.45, 2.75) is 0 Å².